The maximum atomic E-state index is 9.69. The van der Waals surface area contributed by atoms with Crippen LogP contribution < -0.4 is 0 Å². The fraction of sp³-hybridized carbons (Fsp3) is 0.700. The zero-order valence-corrected chi connectivity index (χ0v) is 9.25. The minimum absolute atomic E-state index is 0.160. The molecule has 14 heavy (non-hydrogen) atoms. The van der Waals surface area contributed by atoms with E-state index in [4.69, 9.17) is 4.74 Å². The van der Waals surface area contributed by atoms with Crippen LogP contribution in [0.2, 0.25) is 0 Å². The molecule has 0 amide bonds. The van der Waals surface area contributed by atoms with Crippen molar-refractivity contribution < 1.29 is 9.84 Å². The predicted molar refractivity (Wildman–Crippen MR) is 55.5 cm³/mol. The number of hydrogen-bond donors (Lipinski definition) is 1. The summed E-state index contributed by atoms with van der Waals surface area (Å²) in [7, 11) is 0. The third-order valence-electron chi connectivity index (χ3n) is 2.73. The lowest BCUT2D eigenvalue weighted by molar-refractivity contribution is 0.0964. The number of aromatic nitrogens is 1. The summed E-state index contributed by atoms with van der Waals surface area (Å²) >= 11 is 1.70. The molecule has 0 spiro atoms. The standard InChI is InChI=1S/C10H15NO2S/c1-6-9(10(12)5-13-6)3-8-4-11-7(2)14-8/h4,6,9-10,12H,3,5H2,1-2H3. The fourth-order valence-corrected chi connectivity index (χ4v) is 2.71. The Morgan fingerprint density at radius 2 is 2.50 bits per heavy atom. The molecular formula is C10H15NO2S. The van der Waals surface area contributed by atoms with Crippen LogP contribution in [0.3, 0.4) is 0 Å². The molecule has 2 heterocycles. The van der Waals surface area contributed by atoms with Gasteiger partial charge in [0.15, 0.2) is 0 Å². The van der Waals surface area contributed by atoms with Crippen LogP contribution in [0.1, 0.15) is 16.8 Å². The van der Waals surface area contributed by atoms with Gasteiger partial charge in [0.05, 0.1) is 23.8 Å². The van der Waals surface area contributed by atoms with Gasteiger partial charge in [0.25, 0.3) is 0 Å². The van der Waals surface area contributed by atoms with E-state index in [9.17, 15) is 5.11 Å². The maximum absolute atomic E-state index is 9.69. The third kappa shape index (κ3) is 1.97. The largest absolute Gasteiger partial charge is 0.390 e. The Kier molecular flexibility index (Phi) is 2.85. The molecule has 0 radical (unpaired) electrons. The second-order valence-corrected chi connectivity index (χ2v) is 5.14. The lowest BCUT2D eigenvalue weighted by Gasteiger charge is -2.15. The molecule has 0 aliphatic carbocycles. The number of hydrogen-bond acceptors (Lipinski definition) is 4. The molecule has 3 unspecified atom stereocenters. The summed E-state index contributed by atoms with van der Waals surface area (Å²) in [4.78, 5) is 5.44. The second-order valence-electron chi connectivity index (χ2n) is 3.82. The van der Waals surface area contributed by atoms with Crippen LogP contribution in [0, 0.1) is 12.8 Å². The summed E-state index contributed by atoms with van der Waals surface area (Å²) in [6, 6.07) is 0. The van der Waals surface area contributed by atoms with Gasteiger partial charge in [-0.15, -0.1) is 11.3 Å². The van der Waals surface area contributed by atoms with Crippen molar-refractivity contribution in [2.24, 2.45) is 5.92 Å². The van der Waals surface area contributed by atoms with Crippen molar-refractivity contribution in [1.82, 2.24) is 4.98 Å². The van der Waals surface area contributed by atoms with Crippen LogP contribution >= 0.6 is 11.3 Å². The summed E-state index contributed by atoms with van der Waals surface area (Å²) in [6.07, 6.45) is 2.63. The maximum Gasteiger partial charge on any atom is 0.0896 e. The van der Waals surface area contributed by atoms with E-state index in [0.29, 0.717) is 6.61 Å². The molecule has 1 aliphatic heterocycles. The van der Waals surface area contributed by atoms with E-state index in [1.54, 1.807) is 11.3 Å². The van der Waals surface area contributed by atoms with Crippen molar-refractivity contribution >= 4 is 11.3 Å². The Balaban J connectivity index is 2.03. The smallest absolute Gasteiger partial charge is 0.0896 e. The molecule has 3 nitrogen and oxygen atoms in total. The Hall–Kier alpha value is -0.450. The number of rotatable bonds is 2. The quantitative estimate of drug-likeness (QED) is 0.807. The highest BCUT2D eigenvalue weighted by molar-refractivity contribution is 7.11. The van der Waals surface area contributed by atoms with Gasteiger partial charge in [-0.3, -0.25) is 0 Å². The van der Waals surface area contributed by atoms with Crippen LogP contribution in [0.25, 0.3) is 0 Å². The van der Waals surface area contributed by atoms with Gasteiger partial charge in [-0.1, -0.05) is 0 Å². The van der Waals surface area contributed by atoms with Crippen molar-refractivity contribution in [2.45, 2.75) is 32.5 Å². The minimum Gasteiger partial charge on any atom is -0.390 e. The zero-order valence-electron chi connectivity index (χ0n) is 8.43. The molecule has 0 saturated carbocycles. The van der Waals surface area contributed by atoms with Gasteiger partial charge in [-0.05, 0) is 20.3 Å². The van der Waals surface area contributed by atoms with Crippen molar-refractivity contribution in [3.05, 3.63) is 16.1 Å². The van der Waals surface area contributed by atoms with E-state index in [-0.39, 0.29) is 18.1 Å². The number of aliphatic hydroxyl groups excluding tert-OH is 1. The van der Waals surface area contributed by atoms with Gasteiger partial charge >= 0.3 is 0 Å². The molecule has 3 atom stereocenters. The average molecular weight is 213 g/mol. The summed E-state index contributed by atoms with van der Waals surface area (Å²) in [6.45, 7) is 4.50. The monoisotopic (exact) mass is 213 g/mol. The fourth-order valence-electron chi connectivity index (χ4n) is 1.84. The lowest BCUT2D eigenvalue weighted by atomic mass is 9.96. The Morgan fingerprint density at radius 3 is 3.00 bits per heavy atom. The summed E-state index contributed by atoms with van der Waals surface area (Å²) in [5.74, 6) is 0.231. The van der Waals surface area contributed by atoms with Crippen molar-refractivity contribution in [3.8, 4) is 0 Å². The third-order valence-corrected chi connectivity index (χ3v) is 3.67. The minimum atomic E-state index is -0.313. The van der Waals surface area contributed by atoms with Crippen LogP contribution in [0.5, 0.6) is 0 Å². The van der Waals surface area contributed by atoms with Crippen LogP contribution in [0.15, 0.2) is 6.20 Å². The predicted octanol–water partition coefficient (Wildman–Crippen LogP) is 1.39. The number of aryl methyl sites for hydroxylation is 1. The van der Waals surface area contributed by atoms with Gasteiger partial charge < -0.3 is 9.84 Å². The molecule has 78 valence electrons. The first-order valence-electron chi connectivity index (χ1n) is 4.88. The topological polar surface area (TPSA) is 42.4 Å². The number of thiazole rings is 1. The van der Waals surface area contributed by atoms with E-state index in [1.165, 1.54) is 4.88 Å². The molecule has 0 aromatic carbocycles. The molecule has 0 bridgehead atoms. The molecule has 1 N–H and O–H groups in total. The highest BCUT2D eigenvalue weighted by atomic mass is 32.1. The van der Waals surface area contributed by atoms with Crippen molar-refractivity contribution in [3.63, 3.8) is 0 Å². The molecular weight excluding hydrogens is 198 g/mol. The Labute approximate surface area is 87.7 Å². The molecule has 1 aromatic rings. The van der Waals surface area contributed by atoms with Crippen molar-refractivity contribution in [2.75, 3.05) is 6.61 Å². The first-order valence-corrected chi connectivity index (χ1v) is 5.69. The van der Waals surface area contributed by atoms with Gasteiger partial charge in [0.1, 0.15) is 0 Å². The van der Waals surface area contributed by atoms with E-state index >= 15 is 0 Å². The van der Waals surface area contributed by atoms with Crippen LogP contribution in [0.4, 0.5) is 0 Å². The Bertz CT molecular complexity index is 303. The van der Waals surface area contributed by atoms with E-state index in [0.717, 1.165) is 11.4 Å². The zero-order chi connectivity index (χ0) is 10.1. The SMILES string of the molecule is Cc1ncc(CC2C(O)COC2C)s1. The van der Waals surface area contributed by atoms with E-state index in [1.807, 2.05) is 20.0 Å². The highest BCUT2D eigenvalue weighted by Crippen LogP contribution is 2.27. The molecule has 1 saturated heterocycles. The van der Waals surface area contributed by atoms with Crippen LogP contribution in [-0.4, -0.2) is 28.9 Å². The average Bonchev–Trinajstić information content (AvgIpc) is 2.67. The molecule has 4 heteroatoms. The molecule has 1 aromatic heterocycles. The summed E-state index contributed by atoms with van der Waals surface area (Å²) in [5, 5.41) is 10.8. The van der Waals surface area contributed by atoms with E-state index in [2.05, 4.69) is 4.98 Å². The molecule has 1 aliphatic rings. The summed E-state index contributed by atoms with van der Waals surface area (Å²) < 4.78 is 5.39. The number of ether oxygens (including phenoxy) is 1. The highest BCUT2D eigenvalue weighted by Gasteiger charge is 2.33. The first kappa shape index (κ1) is 10.1. The van der Waals surface area contributed by atoms with Gasteiger partial charge in [0, 0.05) is 17.0 Å². The Morgan fingerprint density at radius 1 is 1.71 bits per heavy atom. The normalized spacial score (nSPS) is 32.4. The van der Waals surface area contributed by atoms with Crippen molar-refractivity contribution in [1.29, 1.82) is 0 Å². The van der Waals surface area contributed by atoms with Gasteiger partial charge in [-0.2, -0.15) is 0 Å². The second kappa shape index (κ2) is 3.96. The molecule has 2 rings (SSSR count). The van der Waals surface area contributed by atoms with Gasteiger partial charge in [-0.25, -0.2) is 4.98 Å². The lowest BCUT2D eigenvalue weighted by Crippen LogP contribution is -2.23. The van der Waals surface area contributed by atoms with Crippen LogP contribution in [-0.2, 0) is 11.2 Å². The first-order chi connectivity index (χ1) is 6.66. The number of aliphatic hydroxyl groups is 1. The van der Waals surface area contributed by atoms with Gasteiger partial charge in [0.2, 0.25) is 0 Å². The van der Waals surface area contributed by atoms with E-state index < -0.39 is 0 Å². The number of nitrogens with zero attached hydrogens (tertiary/aromatic N) is 1. The summed E-state index contributed by atoms with van der Waals surface area (Å²) in [5.41, 5.74) is 0. The molecule has 1 fully saturated rings.